The number of carbonyl (C=O) groups excluding carboxylic acids is 1. The highest BCUT2D eigenvalue weighted by molar-refractivity contribution is 6.31. The lowest BCUT2D eigenvalue weighted by atomic mass is 9.98. The largest absolute Gasteiger partial charge is 0.398 e. The van der Waals surface area contributed by atoms with Crippen LogP contribution in [-0.2, 0) is 0 Å². The van der Waals surface area contributed by atoms with Crippen molar-refractivity contribution < 1.29 is 4.79 Å². The summed E-state index contributed by atoms with van der Waals surface area (Å²) < 4.78 is 0. The topological polar surface area (TPSA) is 69.1 Å². The summed E-state index contributed by atoms with van der Waals surface area (Å²) in [6.45, 7) is 0.0755. The Morgan fingerprint density at radius 3 is 2.25 bits per heavy atom. The van der Waals surface area contributed by atoms with Crippen LogP contribution >= 0.6 is 11.6 Å². The maximum absolute atomic E-state index is 12.5. The average molecular weight is 287 g/mol. The number of Topliss-reactive ketones (excluding diaryl/α,β-unsaturated/α-hetero) is 1. The Bertz CT molecular complexity index is 651. The van der Waals surface area contributed by atoms with Crippen LogP contribution in [0.25, 0.3) is 5.70 Å². The van der Waals surface area contributed by atoms with Gasteiger partial charge in [0.1, 0.15) is 0 Å². The first-order chi connectivity index (χ1) is 9.63. The predicted octanol–water partition coefficient (Wildman–Crippen LogP) is 2.85. The monoisotopic (exact) mass is 286 g/mol. The molecule has 0 heterocycles. The molecule has 4 heteroatoms. The molecule has 2 rings (SSSR count). The van der Waals surface area contributed by atoms with E-state index in [1.807, 2.05) is 30.3 Å². The molecule has 102 valence electrons. The minimum atomic E-state index is -0.198. The Hall–Kier alpha value is -2.10. The molecule has 2 aromatic carbocycles. The standard InChI is InChI=1S/C16H15ClN2O/c17-13-8-4-7-12(9-13)16(20)14(10-18)15(19)11-5-2-1-3-6-11/h1-9H,10,18-19H2/b15-14-. The minimum Gasteiger partial charge on any atom is -0.398 e. The molecule has 0 bridgehead atoms. The zero-order valence-corrected chi connectivity index (χ0v) is 11.6. The Morgan fingerprint density at radius 2 is 1.65 bits per heavy atom. The number of nitrogens with two attached hydrogens (primary N) is 2. The van der Waals surface area contributed by atoms with Crippen molar-refractivity contribution in [3.63, 3.8) is 0 Å². The summed E-state index contributed by atoms with van der Waals surface area (Å²) in [5.74, 6) is -0.198. The lowest BCUT2D eigenvalue weighted by molar-refractivity contribution is 0.103. The van der Waals surface area contributed by atoms with Crippen molar-refractivity contribution in [3.8, 4) is 0 Å². The van der Waals surface area contributed by atoms with Gasteiger partial charge in [0.05, 0.1) is 0 Å². The van der Waals surface area contributed by atoms with Crippen LogP contribution < -0.4 is 11.5 Å². The van der Waals surface area contributed by atoms with Gasteiger partial charge >= 0.3 is 0 Å². The highest BCUT2D eigenvalue weighted by Crippen LogP contribution is 2.19. The van der Waals surface area contributed by atoms with E-state index in [9.17, 15) is 4.79 Å². The molecule has 0 saturated carbocycles. The van der Waals surface area contributed by atoms with Gasteiger partial charge in [0, 0.05) is 28.4 Å². The van der Waals surface area contributed by atoms with Crippen molar-refractivity contribution in [1.29, 1.82) is 0 Å². The number of ketones is 1. The lowest BCUT2D eigenvalue weighted by Gasteiger charge is -2.10. The summed E-state index contributed by atoms with van der Waals surface area (Å²) in [6, 6.07) is 16.0. The van der Waals surface area contributed by atoms with Crippen LogP contribution in [0.3, 0.4) is 0 Å². The number of rotatable bonds is 4. The third-order valence-electron chi connectivity index (χ3n) is 2.97. The number of hydrogen-bond donors (Lipinski definition) is 2. The molecule has 0 spiro atoms. The molecule has 0 aromatic heterocycles. The SMILES string of the molecule is NC/C(C(=O)c1cccc(Cl)c1)=C(/N)c1ccccc1. The van der Waals surface area contributed by atoms with Crippen LogP contribution in [0.4, 0.5) is 0 Å². The molecule has 0 aliphatic rings. The van der Waals surface area contributed by atoms with E-state index in [1.165, 1.54) is 0 Å². The van der Waals surface area contributed by atoms with Gasteiger partial charge in [-0.15, -0.1) is 0 Å². The molecule has 0 aliphatic carbocycles. The average Bonchev–Trinajstić information content (AvgIpc) is 2.48. The summed E-state index contributed by atoms with van der Waals surface area (Å²) in [6.07, 6.45) is 0. The molecule has 20 heavy (non-hydrogen) atoms. The number of carbonyl (C=O) groups is 1. The molecule has 0 aliphatic heterocycles. The smallest absolute Gasteiger partial charge is 0.192 e. The van der Waals surface area contributed by atoms with Crippen LogP contribution in [-0.4, -0.2) is 12.3 Å². The van der Waals surface area contributed by atoms with E-state index in [4.69, 9.17) is 23.1 Å². The Morgan fingerprint density at radius 1 is 1.00 bits per heavy atom. The molecule has 0 unspecified atom stereocenters. The maximum Gasteiger partial charge on any atom is 0.192 e. The van der Waals surface area contributed by atoms with Gasteiger partial charge in [0.15, 0.2) is 5.78 Å². The van der Waals surface area contributed by atoms with Gasteiger partial charge in [-0.25, -0.2) is 0 Å². The molecule has 0 atom stereocenters. The Kier molecular flexibility index (Phi) is 4.56. The van der Waals surface area contributed by atoms with Gasteiger partial charge in [-0.1, -0.05) is 54.1 Å². The summed E-state index contributed by atoms with van der Waals surface area (Å²) in [4.78, 5) is 12.5. The molecule has 0 amide bonds. The molecule has 0 radical (unpaired) electrons. The second-order valence-electron chi connectivity index (χ2n) is 4.30. The number of halogens is 1. The molecule has 0 saturated heterocycles. The van der Waals surface area contributed by atoms with Gasteiger partial charge in [-0.2, -0.15) is 0 Å². The van der Waals surface area contributed by atoms with Gasteiger partial charge in [-0.3, -0.25) is 4.79 Å². The first kappa shape index (κ1) is 14.3. The summed E-state index contributed by atoms with van der Waals surface area (Å²) in [5, 5.41) is 0.505. The second kappa shape index (κ2) is 6.37. The van der Waals surface area contributed by atoms with Crippen molar-refractivity contribution in [2.24, 2.45) is 11.5 Å². The quantitative estimate of drug-likeness (QED) is 0.671. The number of hydrogen-bond acceptors (Lipinski definition) is 3. The zero-order chi connectivity index (χ0) is 14.5. The van der Waals surface area contributed by atoms with Crippen molar-refractivity contribution in [3.05, 3.63) is 76.3 Å². The molecule has 0 fully saturated rings. The Balaban J connectivity index is 2.44. The van der Waals surface area contributed by atoms with Crippen molar-refractivity contribution in [2.45, 2.75) is 0 Å². The normalized spacial score (nSPS) is 11.9. The van der Waals surface area contributed by atoms with Crippen LogP contribution in [0.15, 0.2) is 60.2 Å². The van der Waals surface area contributed by atoms with Crippen LogP contribution in [0.1, 0.15) is 15.9 Å². The molecule has 3 nitrogen and oxygen atoms in total. The summed E-state index contributed by atoms with van der Waals surface area (Å²) in [5.41, 5.74) is 13.8. The third kappa shape index (κ3) is 3.07. The Labute approximate surface area is 122 Å². The molecular weight excluding hydrogens is 272 g/mol. The van der Waals surface area contributed by atoms with E-state index >= 15 is 0 Å². The van der Waals surface area contributed by atoms with Gasteiger partial charge < -0.3 is 11.5 Å². The van der Waals surface area contributed by atoms with Crippen LogP contribution in [0.2, 0.25) is 5.02 Å². The fourth-order valence-corrected chi connectivity index (χ4v) is 2.11. The fraction of sp³-hybridized carbons (Fsp3) is 0.0625. The zero-order valence-electron chi connectivity index (χ0n) is 10.8. The minimum absolute atomic E-state index is 0.0755. The summed E-state index contributed by atoms with van der Waals surface area (Å²) >= 11 is 5.90. The second-order valence-corrected chi connectivity index (χ2v) is 4.74. The molecule has 2 aromatic rings. The van der Waals surface area contributed by atoms with Crippen molar-refractivity contribution >= 4 is 23.1 Å². The number of benzene rings is 2. The molecular formula is C16H15ClN2O. The van der Waals surface area contributed by atoms with E-state index in [1.54, 1.807) is 24.3 Å². The van der Waals surface area contributed by atoms with Gasteiger partial charge in [0.2, 0.25) is 0 Å². The highest BCUT2D eigenvalue weighted by Gasteiger charge is 2.15. The van der Waals surface area contributed by atoms with Crippen molar-refractivity contribution in [2.75, 3.05) is 6.54 Å². The molecule has 4 N–H and O–H groups in total. The lowest BCUT2D eigenvalue weighted by Crippen LogP contribution is -2.18. The maximum atomic E-state index is 12.5. The first-order valence-corrected chi connectivity index (χ1v) is 6.55. The fourth-order valence-electron chi connectivity index (χ4n) is 1.92. The van der Waals surface area contributed by atoms with E-state index in [0.717, 1.165) is 5.56 Å². The van der Waals surface area contributed by atoms with E-state index < -0.39 is 0 Å². The van der Waals surface area contributed by atoms with E-state index in [2.05, 4.69) is 0 Å². The first-order valence-electron chi connectivity index (χ1n) is 6.18. The van der Waals surface area contributed by atoms with Crippen LogP contribution in [0, 0.1) is 0 Å². The van der Waals surface area contributed by atoms with Crippen molar-refractivity contribution in [1.82, 2.24) is 0 Å². The van der Waals surface area contributed by atoms with Crippen LogP contribution in [0.5, 0.6) is 0 Å². The van der Waals surface area contributed by atoms with Gasteiger partial charge in [-0.05, 0) is 17.7 Å². The van der Waals surface area contributed by atoms with Gasteiger partial charge in [0.25, 0.3) is 0 Å². The predicted molar refractivity (Wildman–Crippen MR) is 82.4 cm³/mol. The summed E-state index contributed by atoms with van der Waals surface area (Å²) in [7, 11) is 0. The third-order valence-corrected chi connectivity index (χ3v) is 3.21. The van der Waals surface area contributed by atoms with E-state index in [-0.39, 0.29) is 12.3 Å². The van der Waals surface area contributed by atoms with E-state index in [0.29, 0.717) is 21.9 Å². The highest BCUT2D eigenvalue weighted by atomic mass is 35.5.